The third-order valence-electron chi connectivity index (χ3n) is 3.64. The van der Waals surface area contributed by atoms with E-state index in [-0.39, 0.29) is 5.91 Å². The molecule has 0 aliphatic rings. The normalized spacial score (nSPS) is 10.5. The number of aryl methyl sites for hydroxylation is 2. The van der Waals surface area contributed by atoms with Crippen LogP contribution in [0, 0.1) is 13.8 Å². The summed E-state index contributed by atoms with van der Waals surface area (Å²) in [5.41, 5.74) is 5.74. The summed E-state index contributed by atoms with van der Waals surface area (Å²) in [7, 11) is 0. The Morgan fingerprint density at radius 1 is 1.28 bits per heavy atom. The van der Waals surface area contributed by atoms with Gasteiger partial charge in [0.2, 0.25) is 0 Å². The lowest BCUT2D eigenvalue weighted by atomic mass is 10.1. The van der Waals surface area contributed by atoms with Crippen LogP contribution in [0.3, 0.4) is 0 Å². The summed E-state index contributed by atoms with van der Waals surface area (Å²) < 4.78 is 5.69. The number of amides is 1. The monoisotopic (exact) mass is 372 g/mol. The van der Waals surface area contributed by atoms with Gasteiger partial charge in [0, 0.05) is 10.9 Å². The van der Waals surface area contributed by atoms with Crippen molar-refractivity contribution in [1.29, 1.82) is 0 Å². The van der Waals surface area contributed by atoms with Crippen molar-refractivity contribution in [3.63, 3.8) is 0 Å². The lowest BCUT2D eigenvalue weighted by molar-refractivity contribution is 0.102. The summed E-state index contributed by atoms with van der Waals surface area (Å²) in [6, 6.07) is 10.9. The van der Waals surface area contributed by atoms with E-state index >= 15 is 0 Å². The van der Waals surface area contributed by atoms with Gasteiger partial charge in [-0.3, -0.25) is 4.79 Å². The molecule has 25 heavy (non-hydrogen) atoms. The minimum atomic E-state index is -0.229. The zero-order valence-corrected chi connectivity index (χ0v) is 15.4. The molecule has 1 aromatic heterocycles. The Labute approximate surface area is 155 Å². The van der Waals surface area contributed by atoms with Gasteiger partial charge in [0.1, 0.15) is 12.4 Å². The van der Waals surface area contributed by atoms with Gasteiger partial charge in [0.05, 0.1) is 21.9 Å². The van der Waals surface area contributed by atoms with Crippen LogP contribution < -0.4 is 10.1 Å². The van der Waals surface area contributed by atoms with E-state index in [9.17, 15) is 4.79 Å². The second kappa shape index (κ2) is 7.68. The van der Waals surface area contributed by atoms with Crippen LogP contribution in [0.2, 0.25) is 5.02 Å². The zero-order valence-electron chi connectivity index (χ0n) is 13.9. The van der Waals surface area contributed by atoms with E-state index in [1.807, 2.05) is 37.4 Å². The molecule has 4 nitrogen and oxygen atoms in total. The Morgan fingerprint density at radius 2 is 2.12 bits per heavy atom. The summed E-state index contributed by atoms with van der Waals surface area (Å²) in [5, 5.41) is 5.34. The van der Waals surface area contributed by atoms with Crippen molar-refractivity contribution in [3.05, 3.63) is 74.7 Å². The minimum absolute atomic E-state index is 0.229. The number of rotatable bonds is 5. The van der Waals surface area contributed by atoms with Crippen LogP contribution in [-0.2, 0) is 6.61 Å². The molecule has 0 spiro atoms. The van der Waals surface area contributed by atoms with Crippen LogP contribution in [-0.4, -0.2) is 10.9 Å². The average molecular weight is 373 g/mol. The first-order valence-electron chi connectivity index (χ1n) is 7.71. The molecule has 3 rings (SSSR count). The van der Waals surface area contributed by atoms with Crippen molar-refractivity contribution in [2.45, 2.75) is 20.5 Å². The average Bonchev–Trinajstić information content (AvgIpc) is 3.10. The molecule has 3 aromatic rings. The highest BCUT2D eigenvalue weighted by atomic mass is 35.5. The van der Waals surface area contributed by atoms with Gasteiger partial charge in [-0.25, -0.2) is 4.98 Å². The molecule has 0 aliphatic heterocycles. The first-order valence-corrected chi connectivity index (χ1v) is 9.03. The van der Waals surface area contributed by atoms with Gasteiger partial charge in [-0.15, -0.1) is 11.3 Å². The first-order chi connectivity index (χ1) is 12.0. The van der Waals surface area contributed by atoms with Gasteiger partial charge >= 0.3 is 0 Å². The Balaban J connectivity index is 1.73. The maximum absolute atomic E-state index is 12.6. The number of nitrogens with one attached hydrogen (secondary N) is 1. The van der Waals surface area contributed by atoms with E-state index in [1.54, 1.807) is 23.7 Å². The number of halogens is 1. The van der Waals surface area contributed by atoms with Gasteiger partial charge in [0.25, 0.3) is 5.91 Å². The number of carbonyl (C=O) groups is 1. The molecule has 0 radical (unpaired) electrons. The molecule has 0 saturated carbocycles. The number of carbonyl (C=O) groups excluding carboxylic acids is 1. The van der Waals surface area contributed by atoms with Crippen molar-refractivity contribution in [2.24, 2.45) is 0 Å². The fourth-order valence-electron chi connectivity index (χ4n) is 2.45. The van der Waals surface area contributed by atoms with Crippen molar-refractivity contribution in [1.82, 2.24) is 4.98 Å². The van der Waals surface area contributed by atoms with Gasteiger partial charge in [-0.2, -0.15) is 0 Å². The molecule has 0 saturated heterocycles. The Bertz CT molecular complexity index is 871. The van der Waals surface area contributed by atoms with E-state index in [1.165, 1.54) is 11.3 Å². The molecule has 1 N–H and O–H groups in total. The standard InChI is InChI=1S/C19H17ClN2O2S/c1-12-6-13(2)18(17(20)7-12)22-19(23)14-4-3-5-16(8-14)24-9-15-10-25-11-21-15/h3-8,10-11H,9H2,1-2H3,(H,22,23). The maximum atomic E-state index is 12.6. The number of hydrogen-bond acceptors (Lipinski definition) is 4. The lowest BCUT2D eigenvalue weighted by Gasteiger charge is -2.12. The smallest absolute Gasteiger partial charge is 0.255 e. The summed E-state index contributed by atoms with van der Waals surface area (Å²) in [6.07, 6.45) is 0. The number of aromatic nitrogens is 1. The van der Waals surface area contributed by atoms with Crippen LogP contribution in [0.4, 0.5) is 5.69 Å². The quantitative estimate of drug-likeness (QED) is 0.665. The fourth-order valence-corrected chi connectivity index (χ4v) is 3.36. The van der Waals surface area contributed by atoms with E-state index in [0.29, 0.717) is 28.6 Å². The SMILES string of the molecule is Cc1cc(C)c(NC(=O)c2cccc(OCc3cscn3)c2)c(Cl)c1. The third kappa shape index (κ3) is 4.38. The van der Waals surface area contributed by atoms with E-state index in [2.05, 4.69) is 10.3 Å². The van der Waals surface area contributed by atoms with E-state index in [0.717, 1.165) is 16.8 Å². The topological polar surface area (TPSA) is 51.2 Å². The molecule has 0 atom stereocenters. The summed E-state index contributed by atoms with van der Waals surface area (Å²) >= 11 is 7.78. The van der Waals surface area contributed by atoms with Crippen molar-refractivity contribution < 1.29 is 9.53 Å². The minimum Gasteiger partial charge on any atom is -0.487 e. The highest BCUT2D eigenvalue weighted by Crippen LogP contribution is 2.28. The molecule has 2 aromatic carbocycles. The number of ether oxygens (including phenoxy) is 1. The fraction of sp³-hybridized carbons (Fsp3) is 0.158. The second-order valence-corrected chi connectivity index (χ2v) is 6.81. The summed E-state index contributed by atoms with van der Waals surface area (Å²) in [5.74, 6) is 0.389. The highest BCUT2D eigenvalue weighted by molar-refractivity contribution is 7.07. The predicted molar refractivity (Wildman–Crippen MR) is 102 cm³/mol. The number of thiazole rings is 1. The molecule has 1 heterocycles. The number of anilines is 1. The van der Waals surface area contributed by atoms with Crippen LogP contribution in [0.1, 0.15) is 27.2 Å². The largest absolute Gasteiger partial charge is 0.487 e. The van der Waals surface area contributed by atoms with Crippen molar-refractivity contribution in [3.8, 4) is 5.75 Å². The van der Waals surface area contributed by atoms with Gasteiger partial charge in [0.15, 0.2) is 0 Å². The number of nitrogens with zero attached hydrogens (tertiary/aromatic N) is 1. The van der Waals surface area contributed by atoms with Crippen LogP contribution in [0.5, 0.6) is 5.75 Å². The summed E-state index contributed by atoms with van der Waals surface area (Å²) in [6.45, 7) is 4.26. The number of hydrogen-bond donors (Lipinski definition) is 1. The molecule has 1 amide bonds. The molecular weight excluding hydrogens is 356 g/mol. The lowest BCUT2D eigenvalue weighted by Crippen LogP contribution is -2.13. The molecule has 128 valence electrons. The molecule has 0 unspecified atom stereocenters. The summed E-state index contributed by atoms with van der Waals surface area (Å²) in [4.78, 5) is 16.7. The second-order valence-electron chi connectivity index (χ2n) is 5.69. The van der Waals surface area contributed by atoms with Gasteiger partial charge in [-0.1, -0.05) is 23.7 Å². The van der Waals surface area contributed by atoms with Gasteiger partial charge in [-0.05, 0) is 49.2 Å². The van der Waals surface area contributed by atoms with Crippen molar-refractivity contribution in [2.75, 3.05) is 5.32 Å². The maximum Gasteiger partial charge on any atom is 0.255 e. The van der Waals surface area contributed by atoms with E-state index in [4.69, 9.17) is 16.3 Å². The molecule has 0 bridgehead atoms. The zero-order chi connectivity index (χ0) is 17.8. The van der Waals surface area contributed by atoms with Crippen LogP contribution >= 0.6 is 22.9 Å². The molecule has 6 heteroatoms. The predicted octanol–water partition coefficient (Wildman–Crippen LogP) is 5.24. The first kappa shape index (κ1) is 17.5. The molecule has 0 fully saturated rings. The van der Waals surface area contributed by atoms with Crippen LogP contribution in [0.25, 0.3) is 0 Å². The van der Waals surface area contributed by atoms with E-state index < -0.39 is 0 Å². The Kier molecular flexibility index (Phi) is 5.36. The van der Waals surface area contributed by atoms with Gasteiger partial charge < -0.3 is 10.1 Å². The number of benzene rings is 2. The third-order valence-corrected chi connectivity index (χ3v) is 4.57. The van der Waals surface area contributed by atoms with Crippen molar-refractivity contribution >= 4 is 34.5 Å². The van der Waals surface area contributed by atoms with Crippen LogP contribution in [0.15, 0.2) is 47.3 Å². The Hall–Kier alpha value is -2.37. The molecular formula is C19H17ClN2O2S. The molecule has 0 aliphatic carbocycles. The highest BCUT2D eigenvalue weighted by Gasteiger charge is 2.12. The Morgan fingerprint density at radius 3 is 2.84 bits per heavy atom.